The summed E-state index contributed by atoms with van der Waals surface area (Å²) in [5.74, 6) is 0.0141. The lowest BCUT2D eigenvalue weighted by Gasteiger charge is -2.24. The molecule has 1 rings (SSSR count). The molecule has 0 radical (unpaired) electrons. The van der Waals surface area contributed by atoms with E-state index in [1.54, 1.807) is 0 Å². The van der Waals surface area contributed by atoms with Gasteiger partial charge < -0.3 is 21.0 Å². The van der Waals surface area contributed by atoms with Crippen molar-refractivity contribution in [3.8, 4) is 0 Å². The molecule has 0 aromatic carbocycles. The maximum absolute atomic E-state index is 11.9. The topological polar surface area (TPSA) is 96.9 Å². The van der Waals surface area contributed by atoms with Crippen LogP contribution in [0, 0.1) is 5.92 Å². The number of oxime groups is 1. The molecule has 1 saturated heterocycles. The fourth-order valence-corrected chi connectivity index (χ4v) is 1.90. The molecule has 17 heavy (non-hydrogen) atoms. The molecule has 0 aromatic rings. The Kier molecular flexibility index (Phi) is 5.76. The van der Waals surface area contributed by atoms with E-state index in [-0.39, 0.29) is 23.7 Å². The Morgan fingerprint density at radius 2 is 2.24 bits per heavy atom. The molecule has 98 valence electrons. The van der Waals surface area contributed by atoms with Crippen molar-refractivity contribution < 1.29 is 14.7 Å². The molecule has 1 unspecified atom stereocenters. The van der Waals surface area contributed by atoms with Crippen molar-refractivity contribution >= 4 is 11.7 Å². The van der Waals surface area contributed by atoms with Gasteiger partial charge in [0, 0.05) is 19.1 Å². The highest BCUT2D eigenvalue weighted by molar-refractivity contribution is 5.90. The molecule has 0 aromatic heterocycles. The van der Waals surface area contributed by atoms with Crippen molar-refractivity contribution in [3.63, 3.8) is 0 Å². The molecule has 0 bridgehead atoms. The number of nitrogens with one attached hydrogen (secondary N) is 1. The molecule has 0 aliphatic carbocycles. The minimum Gasteiger partial charge on any atom is -0.409 e. The third-order valence-electron chi connectivity index (χ3n) is 2.96. The number of nitrogens with two attached hydrogens (primary N) is 1. The van der Waals surface area contributed by atoms with Gasteiger partial charge in [-0.25, -0.2) is 0 Å². The molecule has 1 atom stereocenters. The molecule has 1 heterocycles. The summed E-state index contributed by atoms with van der Waals surface area (Å²) in [6.45, 7) is 3.23. The highest BCUT2D eigenvalue weighted by Crippen LogP contribution is 2.15. The second kappa shape index (κ2) is 7.11. The molecule has 1 aliphatic heterocycles. The van der Waals surface area contributed by atoms with E-state index in [0.717, 1.165) is 19.3 Å². The first-order chi connectivity index (χ1) is 8.19. The standard InChI is InChI=1S/C11H21N3O3/c1-2-3-9(10(12)14-16)13-11(15)8-4-6-17-7-5-8/h8-9,16H,2-7H2,1H3,(H2,12,14)(H,13,15). The molecule has 6 heteroatoms. The molecule has 4 N–H and O–H groups in total. The smallest absolute Gasteiger partial charge is 0.223 e. The van der Waals surface area contributed by atoms with Gasteiger partial charge >= 0.3 is 0 Å². The number of amides is 1. The van der Waals surface area contributed by atoms with Gasteiger partial charge in [0.2, 0.25) is 5.91 Å². The monoisotopic (exact) mass is 243 g/mol. The van der Waals surface area contributed by atoms with Gasteiger partial charge in [-0.15, -0.1) is 0 Å². The van der Waals surface area contributed by atoms with Crippen LogP contribution in [-0.2, 0) is 9.53 Å². The van der Waals surface area contributed by atoms with E-state index < -0.39 is 0 Å². The van der Waals surface area contributed by atoms with Crippen molar-refractivity contribution in [3.05, 3.63) is 0 Å². The van der Waals surface area contributed by atoms with Crippen LogP contribution in [-0.4, -0.2) is 36.2 Å². The molecule has 0 saturated carbocycles. The number of ether oxygens (including phenoxy) is 1. The van der Waals surface area contributed by atoms with E-state index in [1.165, 1.54) is 0 Å². The Hall–Kier alpha value is -1.30. The molecule has 1 amide bonds. The van der Waals surface area contributed by atoms with E-state index in [2.05, 4.69) is 10.5 Å². The Balaban J connectivity index is 2.50. The van der Waals surface area contributed by atoms with Gasteiger partial charge in [-0.05, 0) is 19.3 Å². The van der Waals surface area contributed by atoms with E-state index in [1.807, 2.05) is 6.92 Å². The summed E-state index contributed by atoms with van der Waals surface area (Å²) in [7, 11) is 0. The number of hydrogen-bond acceptors (Lipinski definition) is 4. The summed E-state index contributed by atoms with van der Waals surface area (Å²) < 4.78 is 5.20. The number of carbonyl (C=O) groups excluding carboxylic acids is 1. The number of rotatable bonds is 5. The lowest BCUT2D eigenvalue weighted by molar-refractivity contribution is -0.128. The second-order valence-electron chi connectivity index (χ2n) is 4.26. The van der Waals surface area contributed by atoms with Crippen molar-refractivity contribution in [1.82, 2.24) is 5.32 Å². The Bertz CT molecular complexity index is 275. The summed E-state index contributed by atoms with van der Waals surface area (Å²) in [6.07, 6.45) is 3.00. The van der Waals surface area contributed by atoms with Crippen LogP contribution in [0.2, 0.25) is 0 Å². The van der Waals surface area contributed by atoms with Gasteiger partial charge in [-0.3, -0.25) is 4.79 Å². The van der Waals surface area contributed by atoms with E-state index in [4.69, 9.17) is 15.7 Å². The van der Waals surface area contributed by atoms with Crippen LogP contribution in [0.1, 0.15) is 32.6 Å². The van der Waals surface area contributed by atoms with Gasteiger partial charge in [0.05, 0.1) is 6.04 Å². The number of hydrogen-bond donors (Lipinski definition) is 3. The fourth-order valence-electron chi connectivity index (χ4n) is 1.90. The molecule has 1 aliphatic rings. The maximum atomic E-state index is 11.9. The molecular formula is C11H21N3O3. The SMILES string of the molecule is CCCC(NC(=O)C1CCOCC1)C(N)=NO. The zero-order valence-electron chi connectivity index (χ0n) is 10.2. The normalized spacial score (nSPS) is 19.9. The summed E-state index contributed by atoms with van der Waals surface area (Å²) in [5, 5.41) is 14.4. The Morgan fingerprint density at radius 1 is 1.59 bits per heavy atom. The summed E-state index contributed by atoms with van der Waals surface area (Å²) >= 11 is 0. The zero-order valence-corrected chi connectivity index (χ0v) is 10.2. The predicted molar refractivity (Wildman–Crippen MR) is 63.8 cm³/mol. The highest BCUT2D eigenvalue weighted by atomic mass is 16.5. The largest absolute Gasteiger partial charge is 0.409 e. The van der Waals surface area contributed by atoms with Crippen LogP contribution in [0.25, 0.3) is 0 Å². The van der Waals surface area contributed by atoms with Gasteiger partial charge in [0.15, 0.2) is 5.84 Å². The second-order valence-corrected chi connectivity index (χ2v) is 4.26. The lowest BCUT2D eigenvalue weighted by atomic mass is 9.98. The van der Waals surface area contributed by atoms with Gasteiger partial charge in [-0.1, -0.05) is 18.5 Å². The third-order valence-corrected chi connectivity index (χ3v) is 2.96. The van der Waals surface area contributed by atoms with Crippen molar-refractivity contribution in [2.45, 2.75) is 38.6 Å². The van der Waals surface area contributed by atoms with Crippen LogP contribution in [0.3, 0.4) is 0 Å². The highest BCUT2D eigenvalue weighted by Gasteiger charge is 2.24. The summed E-state index contributed by atoms with van der Waals surface area (Å²) in [6, 6.07) is -0.375. The maximum Gasteiger partial charge on any atom is 0.223 e. The molecule has 1 fully saturated rings. The number of carbonyl (C=O) groups is 1. The summed E-state index contributed by atoms with van der Waals surface area (Å²) in [4.78, 5) is 11.9. The van der Waals surface area contributed by atoms with E-state index in [9.17, 15) is 4.79 Å². The van der Waals surface area contributed by atoms with Crippen LogP contribution < -0.4 is 11.1 Å². The number of amidine groups is 1. The first kappa shape index (κ1) is 13.8. The molecule has 6 nitrogen and oxygen atoms in total. The molecular weight excluding hydrogens is 222 g/mol. The molecule has 0 spiro atoms. The van der Waals surface area contributed by atoms with Crippen LogP contribution >= 0.6 is 0 Å². The van der Waals surface area contributed by atoms with E-state index >= 15 is 0 Å². The first-order valence-electron chi connectivity index (χ1n) is 6.04. The van der Waals surface area contributed by atoms with Gasteiger partial charge in [-0.2, -0.15) is 0 Å². The van der Waals surface area contributed by atoms with Crippen LogP contribution in [0.4, 0.5) is 0 Å². The van der Waals surface area contributed by atoms with Gasteiger partial charge in [0.1, 0.15) is 0 Å². The average Bonchev–Trinajstić information content (AvgIpc) is 2.38. The quantitative estimate of drug-likeness (QED) is 0.282. The Labute approximate surface area is 101 Å². The minimum atomic E-state index is -0.375. The van der Waals surface area contributed by atoms with Crippen molar-refractivity contribution in [1.29, 1.82) is 0 Å². The lowest BCUT2D eigenvalue weighted by Crippen LogP contribution is -2.47. The van der Waals surface area contributed by atoms with Crippen LogP contribution in [0.15, 0.2) is 5.16 Å². The fraction of sp³-hybridized carbons (Fsp3) is 0.818. The number of nitrogens with zero attached hydrogens (tertiary/aromatic N) is 1. The first-order valence-corrected chi connectivity index (χ1v) is 6.04. The zero-order chi connectivity index (χ0) is 12.7. The van der Waals surface area contributed by atoms with Crippen molar-refractivity contribution in [2.24, 2.45) is 16.8 Å². The van der Waals surface area contributed by atoms with Crippen molar-refractivity contribution in [2.75, 3.05) is 13.2 Å². The van der Waals surface area contributed by atoms with Gasteiger partial charge in [0.25, 0.3) is 0 Å². The average molecular weight is 243 g/mol. The summed E-state index contributed by atoms with van der Waals surface area (Å²) in [5.41, 5.74) is 5.54. The predicted octanol–water partition coefficient (Wildman–Crippen LogP) is 0.444. The minimum absolute atomic E-state index is 0.0189. The van der Waals surface area contributed by atoms with E-state index in [0.29, 0.717) is 19.6 Å². The van der Waals surface area contributed by atoms with Crippen LogP contribution in [0.5, 0.6) is 0 Å². The third kappa shape index (κ3) is 4.22. The Morgan fingerprint density at radius 3 is 2.76 bits per heavy atom.